The van der Waals surface area contributed by atoms with Gasteiger partial charge in [0.05, 0.1) is 12.8 Å². The molecular weight excluding hydrogens is 248 g/mol. The molecular formula is C17H22N2O. The van der Waals surface area contributed by atoms with Gasteiger partial charge in [0.1, 0.15) is 5.76 Å². The SMILES string of the molecule is CCN(Cc1ccco1)CC1NCCc2ccccc21. The van der Waals surface area contributed by atoms with Crippen molar-refractivity contribution in [3.63, 3.8) is 0 Å². The lowest BCUT2D eigenvalue weighted by Gasteiger charge is -2.31. The van der Waals surface area contributed by atoms with Crippen molar-refractivity contribution >= 4 is 0 Å². The topological polar surface area (TPSA) is 28.4 Å². The number of likely N-dealkylation sites (N-methyl/N-ethyl adjacent to an activating group) is 1. The van der Waals surface area contributed by atoms with Gasteiger partial charge in [0.15, 0.2) is 0 Å². The molecule has 20 heavy (non-hydrogen) atoms. The van der Waals surface area contributed by atoms with Crippen molar-refractivity contribution in [3.8, 4) is 0 Å². The van der Waals surface area contributed by atoms with E-state index in [9.17, 15) is 0 Å². The Labute approximate surface area is 120 Å². The Balaban J connectivity index is 1.70. The molecule has 1 N–H and O–H groups in total. The summed E-state index contributed by atoms with van der Waals surface area (Å²) in [4.78, 5) is 2.43. The molecule has 3 rings (SSSR count). The summed E-state index contributed by atoms with van der Waals surface area (Å²) in [6.07, 6.45) is 2.88. The molecule has 1 aliphatic heterocycles. The first kappa shape index (κ1) is 13.4. The highest BCUT2D eigenvalue weighted by molar-refractivity contribution is 5.32. The number of furan rings is 1. The van der Waals surface area contributed by atoms with Gasteiger partial charge < -0.3 is 9.73 Å². The van der Waals surface area contributed by atoms with Crippen molar-refractivity contribution in [2.24, 2.45) is 0 Å². The van der Waals surface area contributed by atoms with Crippen LogP contribution in [0.5, 0.6) is 0 Å². The smallest absolute Gasteiger partial charge is 0.117 e. The van der Waals surface area contributed by atoms with Crippen LogP contribution >= 0.6 is 0 Å². The fourth-order valence-corrected chi connectivity index (χ4v) is 2.94. The number of rotatable bonds is 5. The zero-order chi connectivity index (χ0) is 13.8. The summed E-state index contributed by atoms with van der Waals surface area (Å²) < 4.78 is 5.46. The fraction of sp³-hybridized carbons (Fsp3) is 0.412. The van der Waals surface area contributed by atoms with Gasteiger partial charge in [-0.1, -0.05) is 31.2 Å². The summed E-state index contributed by atoms with van der Waals surface area (Å²) >= 11 is 0. The van der Waals surface area contributed by atoms with Crippen LogP contribution in [0.3, 0.4) is 0 Å². The number of hydrogen-bond acceptors (Lipinski definition) is 3. The molecule has 0 saturated carbocycles. The van der Waals surface area contributed by atoms with Crippen LogP contribution in [-0.4, -0.2) is 24.5 Å². The minimum Gasteiger partial charge on any atom is -0.468 e. The van der Waals surface area contributed by atoms with Crippen LogP contribution in [0.1, 0.15) is 29.9 Å². The van der Waals surface area contributed by atoms with Gasteiger partial charge in [0.25, 0.3) is 0 Å². The molecule has 3 heteroatoms. The minimum atomic E-state index is 0.426. The summed E-state index contributed by atoms with van der Waals surface area (Å²) in [5.74, 6) is 1.04. The predicted molar refractivity (Wildman–Crippen MR) is 80.5 cm³/mol. The number of hydrogen-bond donors (Lipinski definition) is 1. The molecule has 0 bridgehead atoms. The Morgan fingerprint density at radius 2 is 2.15 bits per heavy atom. The van der Waals surface area contributed by atoms with Crippen LogP contribution in [-0.2, 0) is 13.0 Å². The zero-order valence-corrected chi connectivity index (χ0v) is 12.0. The molecule has 0 spiro atoms. The summed E-state index contributed by atoms with van der Waals surface area (Å²) in [7, 11) is 0. The maximum absolute atomic E-state index is 5.46. The van der Waals surface area contributed by atoms with Gasteiger partial charge in [-0.3, -0.25) is 4.90 Å². The average Bonchev–Trinajstić information content (AvgIpc) is 3.00. The molecule has 1 aromatic carbocycles. The summed E-state index contributed by atoms with van der Waals surface area (Å²) in [6.45, 7) is 6.21. The van der Waals surface area contributed by atoms with E-state index in [0.717, 1.165) is 38.4 Å². The van der Waals surface area contributed by atoms with E-state index in [2.05, 4.69) is 41.4 Å². The van der Waals surface area contributed by atoms with Gasteiger partial charge in [-0.15, -0.1) is 0 Å². The van der Waals surface area contributed by atoms with Crippen molar-refractivity contribution < 1.29 is 4.42 Å². The summed E-state index contributed by atoms with van der Waals surface area (Å²) in [5.41, 5.74) is 2.95. The number of nitrogens with one attached hydrogen (secondary N) is 1. The van der Waals surface area contributed by atoms with E-state index in [4.69, 9.17) is 4.42 Å². The van der Waals surface area contributed by atoms with Gasteiger partial charge >= 0.3 is 0 Å². The van der Waals surface area contributed by atoms with Gasteiger partial charge in [-0.05, 0) is 42.8 Å². The molecule has 0 aliphatic carbocycles. The van der Waals surface area contributed by atoms with Crippen molar-refractivity contribution in [2.75, 3.05) is 19.6 Å². The van der Waals surface area contributed by atoms with Gasteiger partial charge in [0, 0.05) is 12.6 Å². The van der Waals surface area contributed by atoms with Gasteiger partial charge in [-0.2, -0.15) is 0 Å². The Morgan fingerprint density at radius 3 is 2.95 bits per heavy atom. The molecule has 106 valence electrons. The molecule has 1 aliphatic rings. The maximum Gasteiger partial charge on any atom is 0.117 e. The first-order valence-corrected chi connectivity index (χ1v) is 7.42. The molecule has 0 saturated heterocycles. The van der Waals surface area contributed by atoms with Crippen molar-refractivity contribution in [3.05, 3.63) is 59.5 Å². The molecule has 0 radical (unpaired) electrons. The average molecular weight is 270 g/mol. The third kappa shape index (κ3) is 2.94. The Hall–Kier alpha value is -1.58. The molecule has 3 nitrogen and oxygen atoms in total. The number of nitrogens with zero attached hydrogens (tertiary/aromatic N) is 1. The predicted octanol–water partition coefficient (Wildman–Crippen LogP) is 2.99. The van der Waals surface area contributed by atoms with E-state index in [0.29, 0.717) is 6.04 Å². The van der Waals surface area contributed by atoms with E-state index in [1.807, 2.05) is 12.1 Å². The quantitative estimate of drug-likeness (QED) is 0.905. The van der Waals surface area contributed by atoms with Crippen molar-refractivity contribution in [1.29, 1.82) is 0 Å². The highest BCUT2D eigenvalue weighted by Gasteiger charge is 2.21. The molecule has 0 amide bonds. The summed E-state index contributed by atoms with van der Waals surface area (Å²) in [5, 5.41) is 3.65. The molecule has 2 aromatic rings. The molecule has 1 aromatic heterocycles. The minimum absolute atomic E-state index is 0.426. The first-order chi connectivity index (χ1) is 9.86. The maximum atomic E-state index is 5.46. The number of benzene rings is 1. The van der Waals surface area contributed by atoms with Crippen LogP contribution < -0.4 is 5.32 Å². The normalized spacial score (nSPS) is 18.2. The first-order valence-electron chi connectivity index (χ1n) is 7.42. The lowest BCUT2D eigenvalue weighted by Crippen LogP contribution is -2.38. The van der Waals surface area contributed by atoms with Crippen LogP contribution in [0.2, 0.25) is 0 Å². The Kier molecular flexibility index (Phi) is 4.19. The van der Waals surface area contributed by atoms with Gasteiger partial charge in [-0.25, -0.2) is 0 Å². The summed E-state index contributed by atoms with van der Waals surface area (Å²) in [6, 6.07) is 13.2. The van der Waals surface area contributed by atoms with Crippen molar-refractivity contribution in [2.45, 2.75) is 25.9 Å². The van der Waals surface area contributed by atoms with Crippen LogP contribution in [0.4, 0.5) is 0 Å². The van der Waals surface area contributed by atoms with E-state index < -0.39 is 0 Å². The van der Waals surface area contributed by atoms with E-state index in [1.165, 1.54) is 11.1 Å². The monoisotopic (exact) mass is 270 g/mol. The van der Waals surface area contributed by atoms with Crippen molar-refractivity contribution in [1.82, 2.24) is 10.2 Å². The molecule has 1 atom stereocenters. The van der Waals surface area contributed by atoms with Crippen LogP contribution in [0.25, 0.3) is 0 Å². The third-order valence-electron chi connectivity index (χ3n) is 4.06. The second-order valence-corrected chi connectivity index (χ2v) is 5.36. The third-order valence-corrected chi connectivity index (χ3v) is 4.06. The van der Waals surface area contributed by atoms with E-state index >= 15 is 0 Å². The fourth-order valence-electron chi connectivity index (χ4n) is 2.94. The molecule has 2 heterocycles. The molecule has 1 unspecified atom stereocenters. The van der Waals surface area contributed by atoms with E-state index in [1.54, 1.807) is 6.26 Å². The number of fused-ring (bicyclic) bond motifs is 1. The standard InChI is InChI=1S/C17H22N2O/c1-2-19(12-15-7-5-11-20-15)13-17-16-8-4-3-6-14(16)9-10-18-17/h3-8,11,17-18H,2,9-10,12-13H2,1H3. The van der Waals surface area contributed by atoms with Crippen LogP contribution in [0, 0.1) is 0 Å². The lowest BCUT2D eigenvalue weighted by atomic mass is 9.94. The largest absolute Gasteiger partial charge is 0.468 e. The lowest BCUT2D eigenvalue weighted by molar-refractivity contribution is 0.225. The Bertz CT molecular complexity index is 536. The molecule has 0 fully saturated rings. The second-order valence-electron chi connectivity index (χ2n) is 5.36. The highest BCUT2D eigenvalue weighted by atomic mass is 16.3. The Morgan fingerprint density at radius 1 is 1.25 bits per heavy atom. The zero-order valence-electron chi connectivity index (χ0n) is 12.0. The van der Waals surface area contributed by atoms with E-state index in [-0.39, 0.29) is 0 Å². The second kappa shape index (κ2) is 6.25. The van der Waals surface area contributed by atoms with Gasteiger partial charge in [0.2, 0.25) is 0 Å². The highest BCUT2D eigenvalue weighted by Crippen LogP contribution is 2.23. The van der Waals surface area contributed by atoms with Crippen LogP contribution in [0.15, 0.2) is 47.1 Å².